The zero-order valence-electron chi connectivity index (χ0n) is 15.8. The maximum absolute atomic E-state index is 12.5. The van der Waals surface area contributed by atoms with E-state index in [1.165, 1.54) is 11.9 Å². The van der Waals surface area contributed by atoms with Gasteiger partial charge in [0.15, 0.2) is 0 Å². The summed E-state index contributed by atoms with van der Waals surface area (Å²) in [5, 5.41) is 2.77. The second kappa shape index (κ2) is 8.26. The number of nitrogens with one attached hydrogen (secondary N) is 1. The molecular formula is C20H22BrN3O4. The van der Waals surface area contributed by atoms with E-state index in [4.69, 9.17) is 0 Å². The van der Waals surface area contributed by atoms with Gasteiger partial charge in [0.2, 0.25) is 23.6 Å². The molecule has 1 aromatic carbocycles. The Morgan fingerprint density at radius 1 is 1.18 bits per heavy atom. The van der Waals surface area contributed by atoms with Crippen molar-refractivity contribution < 1.29 is 19.2 Å². The highest BCUT2D eigenvalue weighted by atomic mass is 79.9. The Balaban J connectivity index is 1.56. The summed E-state index contributed by atoms with van der Waals surface area (Å²) in [6.07, 6.45) is 4.87. The van der Waals surface area contributed by atoms with E-state index in [0.29, 0.717) is 18.5 Å². The maximum atomic E-state index is 12.5. The Morgan fingerprint density at radius 3 is 2.36 bits per heavy atom. The van der Waals surface area contributed by atoms with Gasteiger partial charge in [-0.15, -0.1) is 0 Å². The molecule has 0 aromatic heterocycles. The van der Waals surface area contributed by atoms with E-state index in [1.807, 2.05) is 31.2 Å². The zero-order valence-corrected chi connectivity index (χ0v) is 17.4. The maximum Gasteiger partial charge on any atom is 0.243 e. The average Bonchev–Trinajstić information content (AvgIpc) is 2.89. The van der Waals surface area contributed by atoms with Gasteiger partial charge in [0.25, 0.3) is 0 Å². The first-order valence-corrected chi connectivity index (χ1v) is 9.87. The average molecular weight is 448 g/mol. The zero-order chi connectivity index (χ0) is 20.4. The predicted molar refractivity (Wildman–Crippen MR) is 107 cm³/mol. The number of amides is 4. The van der Waals surface area contributed by atoms with Crippen LogP contribution in [0.5, 0.6) is 0 Å². The largest absolute Gasteiger partial charge is 0.335 e. The van der Waals surface area contributed by atoms with Crippen molar-refractivity contribution in [3.05, 3.63) is 40.4 Å². The number of fused-ring (bicyclic) bond motifs is 1. The van der Waals surface area contributed by atoms with Gasteiger partial charge in [0.05, 0.1) is 18.4 Å². The van der Waals surface area contributed by atoms with Crippen LogP contribution in [0.25, 0.3) is 0 Å². The molecular weight excluding hydrogens is 426 g/mol. The molecule has 2 atom stereocenters. The van der Waals surface area contributed by atoms with Gasteiger partial charge in [-0.3, -0.25) is 24.1 Å². The molecule has 1 aromatic rings. The normalized spacial score (nSPS) is 20.9. The van der Waals surface area contributed by atoms with Crippen molar-refractivity contribution >= 4 is 45.2 Å². The number of hydrogen-bond donors (Lipinski definition) is 1. The van der Waals surface area contributed by atoms with Gasteiger partial charge in [0.1, 0.15) is 6.54 Å². The van der Waals surface area contributed by atoms with E-state index in [9.17, 15) is 19.2 Å². The van der Waals surface area contributed by atoms with Crippen LogP contribution in [-0.2, 0) is 19.2 Å². The van der Waals surface area contributed by atoms with Crippen LogP contribution in [-0.4, -0.2) is 53.6 Å². The SMILES string of the molecule is Cc1cc(Br)ccc1NC(=O)CN(C)C(=O)CN1C(=O)C2CC=CCC2C1=O. The number of carbonyl (C=O) groups is 4. The minimum absolute atomic E-state index is 0.168. The van der Waals surface area contributed by atoms with Gasteiger partial charge in [-0.25, -0.2) is 0 Å². The van der Waals surface area contributed by atoms with E-state index in [-0.39, 0.29) is 42.6 Å². The molecule has 1 heterocycles. The third kappa shape index (κ3) is 4.16. The molecule has 3 rings (SSSR count). The van der Waals surface area contributed by atoms with E-state index in [2.05, 4.69) is 21.2 Å². The Morgan fingerprint density at radius 2 is 1.79 bits per heavy atom. The summed E-state index contributed by atoms with van der Waals surface area (Å²) >= 11 is 3.37. The number of likely N-dealkylation sites (tertiary alicyclic amines) is 1. The molecule has 0 bridgehead atoms. The number of aryl methyl sites for hydroxylation is 1. The minimum atomic E-state index is -0.448. The molecule has 1 aliphatic heterocycles. The number of imide groups is 1. The fraction of sp³-hybridized carbons (Fsp3) is 0.400. The molecule has 1 N–H and O–H groups in total. The van der Waals surface area contributed by atoms with Crippen molar-refractivity contribution in [1.29, 1.82) is 0 Å². The van der Waals surface area contributed by atoms with E-state index < -0.39 is 5.91 Å². The quantitative estimate of drug-likeness (QED) is 0.552. The summed E-state index contributed by atoms with van der Waals surface area (Å²) in [5.41, 5.74) is 1.55. The van der Waals surface area contributed by atoms with Crippen molar-refractivity contribution in [2.45, 2.75) is 19.8 Å². The second-order valence-electron chi connectivity index (χ2n) is 7.18. The van der Waals surface area contributed by atoms with Crippen LogP contribution in [0.2, 0.25) is 0 Å². The number of benzene rings is 1. The highest BCUT2D eigenvalue weighted by molar-refractivity contribution is 9.10. The first-order chi connectivity index (χ1) is 13.3. The molecule has 2 unspecified atom stereocenters. The molecule has 148 valence electrons. The smallest absolute Gasteiger partial charge is 0.243 e. The van der Waals surface area contributed by atoms with Gasteiger partial charge in [0, 0.05) is 17.2 Å². The van der Waals surface area contributed by atoms with Crippen molar-refractivity contribution in [3.63, 3.8) is 0 Å². The van der Waals surface area contributed by atoms with Crippen molar-refractivity contribution in [2.75, 3.05) is 25.5 Å². The lowest BCUT2D eigenvalue weighted by Crippen LogP contribution is -2.44. The molecule has 0 radical (unpaired) electrons. The lowest BCUT2D eigenvalue weighted by Gasteiger charge is -2.21. The molecule has 4 amide bonds. The molecule has 7 nitrogen and oxygen atoms in total. The Labute approximate surface area is 171 Å². The highest BCUT2D eigenvalue weighted by Gasteiger charge is 2.47. The van der Waals surface area contributed by atoms with Crippen LogP contribution in [0, 0.1) is 18.8 Å². The van der Waals surface area contributed by atoms with Gasteiger partial charge in [-0.1, -0.05) is 28.1 Å². The van der Waals surface area contributed by atoms with Crippen LogP contribution in [0.15, 0.2) is 34.8 Å². The van der Waals surface area contributed by atoms with Crippen LogP contribution in [0.3, 0.4) is 0 Å². The number of hydrogen-bond acceptors (Lipinski definition) is 4. The summed E-state index contributed by atoms with van der Waals surface area (Å²) in [4.78, 5) is 51.9. The fourth-order valence-corrected chi connectivity index (χ4v) is 4.02. The number of halogens is 1. The van der Waals surface area contributed by atoms with Crippen LogP contribution in [0.4, 0.5) is 5.69 Å². The summed E-state index contributed by atoms with van der Waals surface area (Å²) in [6.45, 7) is 1.37. The number of allylic oxidation sites excluding steroid dienone is 2. The first-order valence-electron chi connectivity index (χ1n) is 9.08. The molecule has 0 saturated carbocycles. The van der Waals surface area contributed by atoms with Crippen LogP contribution in [0.1, 0.15) is 18.4 Å². The van der Waals surface area contributed by atoms with Crippen LogP contribution < -0.4 is 5.32 Å². The molecule has 1 aliphatic carbocycles. The minimum Gasteiger partial charge on any atom is -0.335 e. The standard InChI is InChI=1S/C20H22BrN3O4/c1-12-9-13(21)7-8-16(12)22-17(25)10-23(2)18(26)11-24-19(27)14-5-3-4-6-15(14)20(24)28/h3-4,7-9,14-15H,5-6,10-11H2,1-2H3,(H,22,25). The monoisotopic (exact) mass is 447 g/mol. The molecule has 2 aliphatic rings. The summed E-state index contributed by atoms with van der Waals surface area (Å²) < 4.78 is 0.908. The molecule has 1 fully saturated rings. The number of nitrogens with zero attached hydrogens (tertiary/aromatic N) is 2. The van der Waals surface area contributed by atoms with E-state index in [1.54, 1.807) is 6.07 Å². The summed E-state index contributed by atoms with van der Waals surface area (Å²) in [5.74, 6) is -2.11. The van der Waals surface area contributed by atoms with Gasteiger partial charge in [-0.05, 0) is 43.5 Å². The lowest BCUT2D eigenvalue weighted by atomic mass is 9.85. The second-order valence-corrected chi connectivity index (χ2v) is 8.09. The summed E-state index contributed by atoms with van der Waals surface area (Å²) in [7, 11) is 1.48. The third-order valence-corrected chi connectivity index (χ3v) is 5.65. The Hall–Kier alpha value is -2.48. The van der Waals surface area contributed by atoms with Crippen LogP contribution >= 0.6 is 15.9 Å². The van der Waals surface area contributed by atoms with E-state index >= 15 is 0 Å². The number of likely N-dealkylation sites (N-methyl/N-ethyl adjacent to an activating group) is 1. The number of rotatable bonds is 5. The lowest BCUT2D eigenvalue weighted by molar-refractivity contribution is -0.146. The third-order valence-electron chi connectivity index (χ3n) is 5.16. The Kier molecular flexibility index (Phi) is 5.98. The van der Waals surface area contributed by atoms with Crippen molar-refractivity contribution in [2.24, 2.45) is 11.8 Å². The van der Waals surface area contributed by atoms with Crippen molar-refractivity contribution in [1.82, 2.24) is 9.80 Å². The highest BCUT2D eigenvalue weighted by Crippen LogP contribution is 2.34. The molecule has 28 heavy (non-hydrogen) atoms. The molecule has 8 heteroatoms. The topological polar surface area (TPSA) is 86.8 Å². The van der Waals surface area contributed by atoms with E-state index in [0.717, 1.165) is 14.9 Å². The predicted octanol–water partition coefficient (Wildman–Crippen LogP) is 2.11. The van der Waals surface area contributed by atoms with Gasteiger partial charge in [-0.2, -0.15) is 0 Å². The summed E-state index contributed by atoms with van der Waals surface area (Å²) in [6, 6.07) is 5.47. The van der Waals surface area contributed by atoms with Crippen molar-refractivity contribution in [3.8, 4) is 0 Å². The van der Waals surface area contributed by atoms with Gasteiger partial charge >= 0.3 is 0 Å². The Bertz CT molecular complexity index is 841. The first kappa shape index (κ1) is 20.3. The fourth-order valence-electron chi connectivity index (χ4n) is 3.54. The number of anilines is 1. The molecule has 0 spiro atoms. The number of carbonyl (C=O) groups excluding carboxylic acids is 4. The van der Waals surface area contributed by atoms with Gasteiger partial charge < -0.3 is 10.2 Å². The molecule has 1 saturated heterocycles.